The predicted octanol–water partition coefficient (Wildman–Crippen LogP) is 4.35. The molecule has 0 saturated carbocycles. The Balaban J connectivity index is 1.29. The van der Waals surface area contributed by atoms with Gasteiger partial charge in [0.1, 0.15) is 11.5 Å². The Morgan fingerprint density at radius 2 is 1.71 bits per heavy atom. The molecule has 1 aliphatic heterocycles. The van der Waals surface area contributed by atoms with E-state index in [1.54, 1.807) is 0 Å². The summed E-state index contributed by atoms with van der Waals surface area (Å²) in [5.74, 6) is 2.03. The Labute approximate surface area is 165 Å². The lowest BCUT2D eigenvalue weighted by Gasteiger charge is -2.32. The largest absolute Gasteiger partial charge is 0.494 e. The van der Waals surface area contributed by atoms with Crippen LogP contribution in [0.2, 0.25) is 0 Å². The highest BCUT2D eigenvalue weighted by Crippen LogP contribution is 2.33. The van der Waals surface area contributed by atoms with Crippen molar-refractivity contribution < 1.29 is 14.3 Å². The van der Waals surface area contributed by atoms with Gasteiger partial charge in [-0.1, -0.05) is 18.2 Å². The molecular formula is C23H26N2O3. The highest BCUT2D eigenvalue weighted by molar-refractivity contribution is 5.83. The number of hydrogen-bond donors (Lipinski definition) is 1. The maximum Gasteiger partial charge on any atom is 0.260 e. The standard InChI is InChI=1S/C23H26N2O3/c1-2-27-18-7-9-19(10-8-18)28-16-23(26)25-13-11-17(12-14-25)21-15-24-22-6-4-3-5-20(21)22/h3-10,15,17,24H,2,11-14,16H2,1H3. The summed E-state index contributed by atoms with van der Waals surface area (Å²) in [5, 5.41) is 1.30. The van der Waals surface area contributed by atoms with E-state index in [2.05, 4.69) is 29.4 Å². The summed E-state index contributed by atoms with van der Waals surface area (Å²) in [6.07, 6.45) is 4.09. The van der Waals surface area contributed by atoms with Crippen LogP contribution in [0, 0.1) is 0 Å². The van der Waals surface area contributed by atoms with Crippen LogP contribution in [0.3, 0.4) is 0 Å². The van der Waals surface area contributed by atoms with Gasteiger partial charge in [-0.25, -0.2) is 0 Å². The monoisotopic (exact) mass is 378 g/mol. The number of nitrogens with one attached hydrogen (secondary N) is 1. The highest BCUT2D eigenvalue weighted by Gasteiger charge is 2.25. The Hall–Kier alpha value is -2.95. The van der Waals surface area contributed by atoms with Gasteiger partial charge in [-0.15, -0.1) is 0 Å². The van der Waals surface area contributed by atoms with Gasteiger partial charge in [0.25, 0.3) is 5.91 Å². The summed E-state index contributed by atoms with van der Waals surface area (Å²) < 4.78 is 11.1. The number of nitrogens with zero attached hydrogens (tertiary/aromatic N) is 1. The molecule has 0 radical (unpaired) electrons. The van der Waals surface area contributed by atoms with Crippen LogP contribution >= 0.6 is 0 Å². The van der Waals surface area contributed by atoms with E-state index < -0.39 is 0 Å². The third-order valence-electron chi connectivity index (χ3n) is 5.41. The molecule has 5 nitrogen and oxygen atoms in total. The number of amides is 1. The summed E-state index contributed by atoms with van der Waals surface area (Å²) >= 11 is 0. The van der Waals surface area contributed by atoms with Crippen molar-refractivity contribution in [2.24, 2.45) is 0 Å². The number of aromatic amines is 1. The van der Waals surface area contributed by atoms with E-state index in [9.17, 15) is 4.79 Å². The number of carbonyl (C=O) groups excluding carboxylic acids is 1. The Bertz CT molecular complexity index is 924. The first-order valence-corrected chi connectivity index (χ1v) is 9.94. The molecule has 4 rings (SSSR count). The molecule has 146 valence electrons. The Morgan fingerprint density at radius 3 is 2.43 bits per heavy atom. The fourth-order valence-corrected chi connectivity index (χ4v) is 3.91. The number of para-hydroxylation sites is 1. The van der Waals surface area contributed by atoms with Gasteiger partial charge in [0.2, 0.25) is 0 Å². The molecule has 3 aromatic rings. The quantitative estimate of drug-likeness (QED) is 0.694. The van der Waals surface area contributed by atoms with Gasteiger partial charge in [0, 0.05) is 30.2 Å². The van der Waals surface area contributed by atoms with Crippen molar-refractivity contribution in [1.29, 1.82) is 0 Å². The third kappa shape index (κ3) is 3.98. The minimum absolute atomic E-state index is 0.0475. The summed E-state index contributed by atoms with van der Waals surface area (Å²) in [4.78, 5) is 17.8. The maximum absolute atomic E-state index is 12.5. The average molecular weight is 378 g/mol. The van der Waals surface area contributed by atoms with Gasteiger partial charge in [-0.05, 0) is 61.6 Å². The summed E-state index contributed by atoms with van der Waals surface area (Å²) in [7, 11) is 0. The number of aromatic nitrogens is 1. The third-order valence-corrected chi connectivity index (χ3v) is 5.41. The zero-order valence-corrected chi connectivity index (χ0v) is 16.2. The molecule has 5 heteroatoms. The van der Waals surface area contributed by atoms with Crippen molar-refractivity contribution in [3.63, 3.8) is 0 Å². The van der Waals surface area contributed by atoms with Crippen molar-refractivity contribution >= 4 is 16.8 Å². The van der Waals surface area contributed by atoms with Crippen LogP contribution in [0.4, 0.5) is 0 Å². The minimum atomic E-state index is 0.0475. The second kappa shape index (κ2) is 8.38. The van der Waals surface area contributed by atoms with E-state index in [1.807, 2.05) is 42.2 Å². The van der Waals surface area contributed by atoms with Crippen molar-refractivity contribution in [2.75, 3.05) is 26.3 Å². The Morgan fingerprint density at radius 1 is 1.04 bits per heavy atom. The summed E-state index contributed by atoms with van der Waals surface area (Å²) in [5.41, 5.74) is 2.55. The van der Waals surface area contributed by atoms with E-state index in [1.165, 1.54) is 16.5 Å². The van der Waals surface area contributed by atoms with Crippen LogP contribution in [0.1, 0.15) is 31.2 Å². The number of fused-ring (bicyclic) bond motifs is 1. The van der Waals surface area contributed by atoms with Crippen molar-refractivity contribution in [1.82, 2.24) is 9.88 Å². The van der Waals surface area contributed by atoms with Gasteiger partial charge in [0.15, 0.2) is 6.61 Å². The molecule has 0 atom stereocenters. The van der Waals surface area contributed by atoms with Crippen molar-refractivity contribution in [3.8, 4) is 11.5 Å². The molecule has 2 aromatic carbocycles. The summed E-state index contributed by atoms with van der Waals surface area (Å²) in [6, 6.07) is 15.8. The molecule has 1 aliphatic rings. The second-order valence-electron chi connectivity index (χ2n) is 7.14. The lowest BCUT2D eigenvalue weighted by Crippen LogP contribution is -2.40. The van der Waals surface area contributed by atoms with E-state index in [0.29, 0.717) is 18.3 Å². The van der Waals surface area contributed by atoms with Crippen LogP contribution in [0.5, 0.6) is 11.5 Å². The number of likely N-dealkylation sites (tertiary alicyclic amines) is 1. The van der Waals surface area contributed by atoms with Crippen molar-refractivity contribution in [3.05, 3.63) is 60.3 Å². The van der Waals surface area contributed by atoms with Crippen molar-refractivity contribution in [2.45, 2.75) is 25.7 Å². The molecule has 28 heavy (non-hydrogen) atoms. The zero-order chi connectivity index (χ0) is 19.3. The first kappa shape index (κ1) is 18.4. The minimum Gasteiger partial charge on any atom is -0.494 e. The number of carbonyl (C=O) groups is 1. The summed E-state index contributed by atoms with van der Waals surface area (Å²) in [6.45, 7) is 4.20. The molecule has 1 N–H and O–H groups in total. The SMILES string of the molecule is CCOc1ccc(OCC(=O)N2CCC(c3c[nH]c4ccccc34)CC2)cc1. The normalized spacial score (nSPS) is 15.0. The van der Waals surface area contributed by atoms with E-state index in [0.717, 1.165) is 31.7 Å². The van der Waals surface area contributed by atoms with Gasteiger partial charge in [-0.2, -0.15) is 0 Å². The zero-order valence-electron chi connectivity index (χ0n) is 16.2. The van der Waals surface area contributed by atoms with Gasteiger partial charge in [0.05, 0.1) is 6.61 Å². The number of H-pyrrole nitrogens is 1. The fourth-order valence-electron chi connectivity index (χ4n) is 3.91. The topological polar surface area (TPSA) is 54.6 Å². The fraction of sp³-hybridized carbons (Fsp3) is 0.348. The lowest BCUT2D eigenvalue weighted by atomic mass is 9.89. The average Bonchev–Trinajstić information content (AvgIpc) is 3.17. The Kier molecular flexibility index (Phi) is 5.51. The van der Waals surface area contributed by atoms with E-state index in [4.69, 9.17) is 9.47 Å². The molecule has 0 spiro atoms. The number of hydrogen-bond acceptors (Lipinski definition) is 3. The highest BCUT2D eigenvalue weighted by atomic mass is 16.5. The van der Waals surface area contributed by atoms with Crippen LogP contribution < -0.4 is 9.47 Å². The second-order valence-corrected chi connectivity index (χ2v) is 7.14. The molecule has 0 unspecified atom stereocenters. The maximum atomic E-state index is 12.5. The van der Waals surface area contributed by atoms with Gasteiger partial charge < -0.3 is 19.4 Å². The first-order chi connectivity index (χ1) is 13.7. The molecule has 2 heterocycles. The molecular weight excluding hydrogens is 352 g/mol. The molecule has 1 saturated heterocycles. The smallest absolute Gasteiger partial charge is 0.260 e. The van der Waals surface area contributed by atoms with E-state index in [-0.39, 0.29) is 12.5 Å². The molecule has 1 aromatic heterocycles. The molecule has 0 bridgehead atoms. The molecule has 1 amide bonds. The predicted molar refractivity (Wildman–Crippen MR) is 110 cm³/mol. The first-order valence-electron chi connectivity index (χ1n) is 9.94. The number of piperidine rings is 1. The number of benzene rings is 2. The van der Waals surface area contributed by atoms with Crippen LogP contribution in [-0.4, -0.2) is 42.1 Å². The van der Waals surface area contributed by atoms with Gasteiger partial charge >= 0.3 is 0 Å². The van der Waals surface area contributed by atoms with E-state index >= 15 is 0 Å². The van der Waals surface area contributed by atoms with Crippen LogP contribution in [0.25, 0.3) is 10.9 Å². The molecule has 0 aliphatic carbocycles. The number of rotatable bonds is 6. The molecule has 1 fully saturated rings. The lowest BCUT2D eigenvalue weighted by molar-refractivity contribution is -0.134. The van der Waals surface area contributed by atoms with Crippen LogP contribution in [-0.2, 0) is 4.79 Å². The van der Waals surface area contributed by atoms with Crippen LogP contribution in [0.15, 0.2) is 54.7 Å². The number of ether oxygens (including phenoxy) is 2. The van der Waals surface area contributed by atoms with Gasteiger partial charge in [-0.3, -0.25) is 4.79 Å².